The SMILES string of the molecule is O=C(Cn1cccc(C(F)(F)F)c1=O)Nc1ccc(N2CCCC2)c(F)c1. The number of anilines is 2. The Morgan fingerprint density at radius 2 is 1.85 bits per heavy atom. The van der Waals surface area contributed by atoms with E-state index in [-0.39, 0.29) is 5.69 Å². The number of halogens is 4. The van der Waals surface area contributed by atoms with Crippen molar-refractivity contribution in [3.8, 4) is 0 Å². The summed E-state index contributed by atoms with van der Waals surface area (Å²) in [5.41, 5.74) is -2.05. The molecule has 0 saturated carbocycles. The Morgan fingerprint density at radius 3 is 2.48 bits per heavy atom. The normalized spacial score (nSPS) is 14.4. The Balaban J connectivity index is 1.71. The summed E-state index contributed by atoms with van der Waals surface area (Å²) in [6.45, 7) is 0.917. The average molecular weight is 383 g/mol. The molecule has 5 nitrogen and oxygen atoms in total. The van der Waals surface area contributed by atoms with Gasteiger partial charge in [-0.15, -0.1) is 0 Å². The van der Waals surface area contributed by atoms with Gasteiger partial charge in [0.2, 0.25) is 5.91 Å². The van der Waals surface area contributed by atoms with Gasteiger partial charge in [0.25, 0.3) is 5.56 Å². The monoisotopic (exact) mass is 383 g/mol. The molecular formula is C18H17F4N3O2. The minimum atomic E-state index is -4.80. The first-order valence-corrected chi connectivity index (χ1v) is 8.37. The van der Waals surface area contributed by atoms with E-state index in [0.717, 1.165) is 44.3 Å². The average Bonchev–Trinajstić information content (AvgIpc) is 3.10. The molecule has 1 aromatic heterocycles. The molecule has 27 heavy (non-hydrogen) atoms. The Bertz CT molecular complexity index is 902. The van der Waals surface area contributed by atoms with Gasteiger partial charge >= 0.3 is 6.18 Å². The van der Waals surface area contributed by atoms with Crippen molar-refractivity contribution in [1.29, 1.82) is 0 Å². The molecule has 9 heteroatoms. The van der Waals surface area contributed by atoms with Crippen LogP contribution in [0.25, 0.3) is 0 Å². The number of hydrogen-bond donors (Lipinski definition) is 1. The molecule has 1 aliphatic heterocycles. The number of nitrogens with zero attached hydrogens (tertiary/aromatic N) is 2. The van der Waals surface area contributed by atoms with Crippen molar-refractivity contribution in [3.63, 3.8) is 0 Å². The van der Waals surface area contributed by atoms with E-state index in [0.29, 0.717) is 16.3 Å². The molecule has 3 rings (SSSR count). The van der Waals surface area contributed by atoms with Gasteiger partial charge in [0.15, 0.2) is 0 Å². The fourth-order valence-corrected chi connectivity index (χ4v) is 3.03. The number of amides is 1. The maximum atomic E-state index is 14.3. The van der Waals surface area contributed by atoms with Crippen LogP contribution in [-0.4, -0.2) is 23.6 Å². The van der Waals surface area contributed by atoms with E-state index in [1.165, 1.54) is 6.07 Å². The van der Waals surface area contributed by atoms with Crippen molar-refractivity contribution in [2.75, 3.05) is 23.3 Å². The standard InChI is InChI=1S/C18H17F4N3O2/c19-14-10-12(5-6-15(14)24-7-1-2-8-24)23-16(26)11-25-9-3-4-13(17(25)27)18(20,21)22/h3-6,9-10H,1-2,7-8,11H2,(H,23,26). The third-order valence-electron chi connectivity index (χ3n) is 4.32. The molecule has 0 aliphatic carbocycles. The van der Waals surface area contributed by atoms with Crippen LogP contribution in [0.3, 0.4) is 0 Å². The molecule has 1 aromatic carbocycles. The number of aromatic nitrogens is 1. The van der Waals surface area contributed by atoms with Gasteiger partial charge in [-0.05, 0) is 43.2 Å². The van der Waals surface area contributed by atoms with Gasteiger partial charge < -0.3 is 14.8 Å². The van der Waals surface area contributed by atoms with Crippen molar-refractivity contribution in [1.82, 2.24) is 4.57 Å². The van der Waals surface area contributed by atoms with Gasteiger partial charge in [-0.2, -0.15) is 13.2 Å². The topological polar surface area (TPSA) is 54.3 Å². The van der Waals surface area contributed by atoms with E-state index >= 15 is 0 Å². The molecule has 1 amide bonds. The maximum Gasteiger partial charge on any atom is 0.421 e. The minimum absolute atomic E-state index is 0.167. The van der Waals surface area contributed by atoms with Gasteiger partial charge in [0, 0.05) is 25.0 Å². The van der Waals surface area contributed by atoms with Crippen molar-refractivity contribution < 1.29 is 22.4 Å². The second-order valence-corrected chi connectivity index (χ2v) is 6.26. The predicted octanol–water partition coefficient (Wildman–Crippen LogP) is 3.25. The van der Waals surface area contributed by atoms with E-state index in [1.54, 1.807) is 6.07 Å². The number of carbonyl (C=O) groups is 1. The molecule has 0 atom stereocenters. The number of rotatable bonds is 4. The summed E-state index contributed by atoms with van der Waals surface area (Å²) in [5, 5.41) is 2.40. The van der Waals surface area contributed by atoms with E-state index in [2.05, 4.69) is 5.32 Å². The van der Waals surface area contributed by atoms with Gasteiger partial charge in [0.05, 0.1) is 5.69 Å². The smallest absolute Gasteiger partial charge is 0.369 e. The first-order valence-electron chi connectivity index (χ1n) is 8.37. The van der Waals surface area contributed by atoms with E-state index in [4.69, 9.17) is 0 Å². The second-order valence-electron chi connectivity index (χ2n) is 6.26. The zero-order chi connectivity index (χ0) is 19.6. The highest BCUT2D eigenvalue weighted by atomic mass is 19.4. The number of nitrogens with one attached hydrogen (secondary N) is 1. The lowest BCUT2D eigenvalue weighted by molar-refractivity contribution is -0.139. The summed E-state index contributed by atoms with van der Waals surface area (Å²) in [5.74, 6) is -1.23. The number of pyridine rings is 1. The quantitative estimate of drug-likeness (QED) is 0.825. The molecule has 1 fully saturated rings. The van der Waals surface area contributed by atoms with Crippen LogP contribution >= 0.6 is 0 Å². The molecule has 1 aliphatic rings. The molecule has 0 unspecified atom stereocenters. The van der Waals surface area contributed by atoms with Crippen LogP contribution in [0.5, 0.6) is 0 Å². The van der Waals surface area contributed by atoms with E-state index < -0.39 is 35.6 Å². The lowest BCUT2D eigenvalue weighted by Crippen LogP contribution is -2.32. The lowest BCUT2D eigenvalue weighted by atomic mass is 10.2. The summed E-state index contributed by atoms with van der Waals surface area (Å²) in [4.78, 5) is 25.8. The largest absolute Gasteiger partial charge is 0.421 e. The van der Waals surface area contributed by atoms with Crippen molar-refractivity contribution in [2.45, 2.75) is 25.6 Å². The second kappa shape index (κ2) is 7.42. The summed E-state index contributed by atoms with van der Waals surface area (Å²) in [6, 6.07) is 5.92. The van der Waals surface area contributed by atoms with Crippen LogP contribution in [0.1, 0.15) is 18.4 Å². The molecule has 0 spiro atoms. The molecule has 144 valence electrons. The first-order chi connectivity index (χ1) is 12.8. The summed E-state index contributed by atoms with van der Waals surface area (Å²) >= 11 is 0. The zero-order valence-corrected chi connectivity index (χ0v) is 14.2. The molecule has 2 aromatic rings. The summed E-state index contributed by atoms with van der Waals surface area (Å²) < 4.78 is 53.2. The predicted molar refractivity (Wildman–Crippen MR) is 92.2 cm³/mol. The molecule has 0 bridgehead atoms. The van der Waals surface area contributed by atoms with Gasteiger partial charge in [0.1, 0.15) is 17.9 Å². The van der Waals surface area contributed by atoms with Gasteiger partial charge in [-0.3, -0.25) is 9.59 Å². The lowest BCUT2D eigenvalue weighted by Gasteiger charge is -2.19. The number of carbonyl (C=O) groups excluding carboxylic acids is 1. The third kappa shape index (κ3) is 4.29. The maximum absolute atomic E-state index is 14.3. The highest BCUT2D eigenvalue weighted by Crippen LogP contribution is 2.27. The van der Waals surface area contributed by atoms with Crippen molar-refractivity contribution in [2.24, 2.45) is 0 Å². The van der Waals surface area contributed by atoms with Crippen LogP contribution in [0.2, 0.25) is 0 Å². The molecular weight excluding hydrogens is 366 g/mol. The zero-order valence-electron chi connectivity index (χ0n) is 14.2. The Hall–Kier alpha value is -2.84. The van der Waals surface area contributed by atoms with Crippen LogP contribution in [0, 0.1) is 5.82 Å². The molecule has 1 saturated heterocycles. The van der Waals surface area contributed by atoms with Crippen LogP contribution in [-0.2, 0) is 17.5 Å². The van der Waals surface area contributed by atoms with E-state index in [9.17, 15) is 27.2 Å². The molecule has 1 N–H and O–H groups in total. The highest BCUT2D eigenvalue weighted by molar-refractivity contribution is 5.90. The van der Waals surface area contributed by atoms with E-state index in [1.807, 2.05) is 4.90 Å². The fraction of sp³-hybridized carbons (Fsp3) is 0.333. The number of alkyl halides is 3. The molecule has 2 heterocycles. The highest BCUT2D eigenvalue weighted by Gasteiger charge is 2.34. The fourth-order valence-electron chi connectivity index (χ4n) is 3.03. The Morgan fingerprint density at radius 1 is 1.15 bits per heavy atom. The number of hydrogen-bond acceptors (Lipinski definition) is 3. The van der Waals surface area contributed by atoms with Crippen LogP contribution in [0.4, 0.5) is 28.9 Å². The van der Waals surface area contributed by atoms with Gasteiger partial charge in [-0.25, -0.2) is 4.39 Å². The van der Waals surface area contributed by atoms with Crippen LogP contribution < -0.4 is 15.8 Å². The molecule has 0 radical (unpaired) electrons. The van der Waals surface area contributed by atoms with Crippen molar-refractivity contribution in [3.05, 3.63) is 58.3 Å². The number of benzene rings is 1. The van der Waals surface area contributed by atoms with Crippen LogP contribution in [0.15, 0.2) is 41.3 Å². The summed E-state index contributed by atoms with van der Waals surface area (Å²) in [6.07, 6.45) is -1.73. The minimum Gasteiger partial charge on any atom is -0.369 e. The Kier molecular flexibility index (Phi) is 5.20. The Labute approximate surface area is 152 Å². The van der Waals surface area contributed by atoms with Gasteiger partial charge in [-0.1, -0.05) is 0 Å². The van der Waals surface area contributed by atoms with Crippen molar-refractivity contribution >= 4 is 17.3 Å². The first kappa shape index (κ1) is 18.9. The third-order valence-corrected chi connectivity index (χ3v) is 4.32. The summed E-state index contributed by atoms with van der Waals surface area (Å²) in [7, 11) is 0.